The summed E-state index contributed by atoms with van der Waals surface area (Å²) in [6, 6.07) is 20.7. The zero-order valence-corrected chi connectivity index (χ0v) is 31.3. The highest BCUT2D eigenvalue weighted by Crippen LogP contribution is 2.31. The van der Waals surface area contributed by atoms with Gasteiger partial charge in [-0.05, 0) is 86.7 Å². The van der Waals surface area contributed by atoms with Crippen LogP contribution in [0.25, 0.3) is 16.9 Å². The maximum absolute atomic E-state index is 14.0. The minimum Gasteiger partial charge on any atom is -0.457 e. The molecule has 0 radical (unpaired) electrons. The van der Waals surface area contributed by atoms with Crippen LogP contribution in [0.4, 0.5) is 11.5 Å². The number of ether oxygens (including phenoxy) is 2. The number of benzene rings is 3. The lowest BCUT2D eigenvalue weighted by Crippen LogP contribution is -2.54. The molecule has 57 heavy (non-hydrogen) atoms. The molecule has 4 N–H and O–H groups in total. The number of likely N-dealkylation sites (tertiary alicyclic amines) is 1. The molecule has 294 valence electrons. The number of aromatic nitrogens is 4. The fourth-order valence-electron chi connectivity index (χ4n) is 7.81. The number of piperidine rings is 2. The summed E-state index contributed by atoms with van der Waals surface area (Å²) in [5, 5.41) is 5.49. The Labute approximate surface area is 327 Å². The summed E-state index contributed by atoms with van der Waals surface area (Å²) in [4.78, 5) is 76.0. The Balaban J connectivity index is 0.780. The van der Waals surface area contributed by atoms with Crippen molar-refractivity contribution in [1.82, 2.24) is 34.2 Å². The molecule has 1 atom stereocenters. The zero-order valence-electron chi connectivity index (χ0n) is 31.3. The fourth-order valence-corrected chi connectivity index (χ4v) is 7.81. The highest BCUT2D eigenvalue weighted by atomic mass is 16.5. The number of amides is 4. The molecule has 0 spiro atoms. The monoisotopic (exact) mass is 773 g/mol. The van der Waals surface area contributed by atoms with Crippen LogP contribution in [-0.4, -0.2) is 98.0 Å². The van der Waals surface area contributed by atoms with E-state index in [0.717, 1.165) is 56.0 Å². The van der Waals surface area contributed by atoms with Gasteiger partial charge in [0.15, 0.2) is 11.5 Å². The smallest absolute Gasteiger partial charge is 0.335 e. The van der Waals surface area contributed by atoms with Gasteiger partial charge in [0.2, 0.25) is 11.8 Å². The van der Waals surface area contributed by atoms with Gasteiger partial charge < -0.3 is 25.4 Å². The average Bonchev–Trinajstić information content (AvgIpc) is 3.65. The first-order valence-electron chi connectivity index (χ1n) is 19.2. The summed E-state index contributed by atoms with van der Waals surface area (Å²) in [6.07, 6.45) is 4.78. The molecule has 0 aliphatic carbocycles. The lowest BCUT2D eigenvalue weighted by atomic mass is 10.0. The van der Waals surface area contributed by atoms with Crippen molar-refractivity contribution in [2.75, 3.05) is 50.4 Å². The van der Waals surface area contributed by atoms with E-state index in [-0.39, 0.29) is 41.5 Å². The van der Waals surface area contributed by atoms with Gasteiger partial charge in [0.25, 0.3) is 11.8 Å². The number of imide groups is 2. The lowest BCUT2D eigenvalue weighted by Gasteiger charge is -2.32. The Morgan fingerprint density at radius 1 is 0.825 bits per heavy atom. The number of para-hydroxylation sites is 1. The van der Waals surface area contributed by atoms with Crippen LogP contribution in [0.1, 0.15) is 65.3 Å². The van der Waals surface area contributed by atoms with Crippen LogP contribution in [0.5, 0.6) is 11.5 Å². The Bertz CT molecular complexity index is 2370. The van der Waals surface area contributed by atoms with Gasteiger partial charge in [0.1, 0.15) is 29.4 Å². The summed E-state index contributed by atoms with van der Waals surface area (Å²) in [5.74, 6) is -0.485. The molecule has 16 heteroatoms. The molecule has 5 heterocycles. The van der Waals surface area contributed by atoms with Crippen LogP contribution in [0.3, 0.4) is 0 Å². The Morgan fingerprint density at radius 3 is 2.33 bits per heavy atom. The summed E-state index contributed by atoms with van der Waals surface area (Å²) >= 11 is 0. The van der Waals surface area contributed by atoms with E-state index < -0.39 is 29.7 Å². The number of hydrogen-bond donors (Lipinski definition) is 3. The van der Waals surface area contributed by atoms with Crippen LogP contribution in [0.2, 0.25) is 0 Å². The summed E-state index contributed by atoms with van der Waals surface area (Å²) in [6.45, 7) is 4.32. The highest BCUT2D eigenvalue weighted by Gasteiger charge is 2.44. The quantitative estimate of drug-likeness (QED) is 0.109. The molecule has 16 nitrogen and oxygen atoms in total. The van der Waals surface area contributed by atoms with E-state index in [1.807, 2.05) is 54.6 Å². The van der Waals surface area contributed by atoms with Crippen molar-refractivity contribution in [3.63, 3.8) is 0 Å². The number of carbonyl (C=O) groups excluding carboxylic acids is 4. The van der Waals surface area contributed by atoms with Gasteiger partial charge in [-0.2, -0.15) is 0 Å². The van der Waals surface area contributed by atoms with E-state index in [9.17, 15) is 24.0 Å². The number of nitrogens with zero attached hydrogens (tertiary/aromatic N) is 6. The molecule has 1 unspecified atom stereocenters. The first-order valence-corrected chi connectivity index (χ1v) is 19.2. The van der Waals surface area contributed by atoms with E-state index in [4.69, 9.17) is 15.2 Å². The molecule has 0 bridgehead atoms. The second-order valence-electron chi connectivity index (χ2n) is 14.4. The van der Waals surface area contributed by atoms with Gasteiger partial charge in [0.05, 0.1) is 16.8 Å². The Morgan fingerprint density at radius 2 is 1.56 bits per heavy atom. The van der Waals surface area contributed by atoms with Crippen molar-refractivity contribution in [2.24, 2.45) is 0 Å². The van der Waals surface area contributed by atoms with Gasteiger partial charge in [-0.3, -0.25) is 38.5 Å². The van der Waals surface area contributed by atoms with E-state index in [0.29, 0.717) is 48.0 Å². The van der Waals surface area contributed by atoms with Crippen LogP contribution < -0.4 is 26.8 Å². The van der Waals surface area contributed by atoms with Crippen LogP contribution in [-0.2, 0) is 14.3 Å². The molecular formula is C41H43N9O7. The maximum atomic E-state index is 14.0. The number of carbonyl (C=O) groups is 4. The van der Waals surface area contributed by atoms with Crippen LogP contribution in [0, 0.1) is 0 Å². The van der Waals surface area contributed by atoms with Gasteiger partial charge >= 0.3 is 5.69 Å². The van der Waals surface area contributed by atoms with Gasteiger partial charge in [-0.1, -0.05) is 18.2 Å². The minimum absolute atomic E-state index is 0.0372. The molecule has 5 aromatic rings. The van der Waals surface area contributed by atoms with Gasteiger partial charge in [-0.25, -0.2) is 14.8 Å². The molecule has 2 aromatic heterocycles. The number of fused-ring (bicyclic) bond motifs is 2. The first kappa shape index (κ1) is 37.5. The van der Waals surface area contributed by atoms with Crippen molar-refractivity contribution in [2.45, 2.75) is 50.6 Å². The molecule has 8 rings (SSSR count). The number of nitrogen functional groups attached to an aromatic ring is 1. The summed E-state index contributed by atoms with van der Waals surface area (Å²) in [5.41, 5.74) is 8.98. The third-order valence-corrected chi connectivity index (χ3v) is 10.7. The topological polar surface area (TPSA) is 196 Å². The summed E-state index contributed by atoms with van der Waals surface area (Å²) < 4.78 is 15.2. The minimum atomic E-state index is -0.992. The largest absolute Gasteiger partial charge is 0.457 e. The molecule has 2 saturated heterocycles. The molecule has 3 aliphatic heterocycles. The fraction of sp³-hybridized carbons (Fsp3) is 0.341. The van der Waals surface area contributed by atoms with E-state index in [2.05, 4.69) is 25.5 Å². The van der Waals surface area contributed by atoms with Crippen molar-refractivity contribution < 1.29 is 28.7 Å². The standard InChI is InChI=1S/C41H43N9O7/c42-36-35-37(45-25-44-36)49(41(55)48(35)27-9-11-30(12-10-27)57-29-6-2-1-3-7-29)28-16-20-47(21-17-28)19-5-23-56-22-4-18-43-26-8-13-31-32(24-26)40(54)50(39(31)53)33-14-15-34(51)46-38(33)52/h1-3,6-13,24-25,28,33,43H,4-5,14-23H2,(H2,42,44,45)(H,46,51,52). The third kappa shape index (κ3) is 7.73. The number of nitrogens with one attached hydrogen (secondary N) is 2. The van der Waals surface area contributed by atoms with Crippen LogP contribution in [0.15, 0.2) is 83.9 Å². The molecule has 2 fully saturated rings. The normalized spacial score (nSPS) is 17.6. The van der Waals surface area contributed by atoms with E-state index >= 15 is 0 Å². The predicted octanol–water partition coefficient (Wildman–Crippen LogP) is 3.90. The number of anilines is 2. The zero-order chi connectivity index (χ0) is 39.5. The molecule has 3 aromatic carbocycles. The summed E-state index contributed by atoms with van der Waals surface area (Å²) in [7, 11) is 0. The number of rotatable bonds is 14. The average molecular weight is 774 g/mol. The highest BCUT2D eigenvalue weighted by molar-refractivity contribution is 6.23. The van der Waals surface area contributed by atoms with Crippen molar-refractivity contribution >= 4 is 46.3 Å². The van der Waals surface area contributed by atoms with Gasteiger partial charge in [-0.15, -0.1) is 0 Å². The predicted molar refractivity (Wildman–Crippen MR) is 210 cm³/mol. The van der Waals surface area contributed by atoms with Gasteiger partial charge in [0, 0.05) is 57.5 Å². The maximum Gasteiger partial charge on any atom is 0.335 e. The number of hydrogen-bond acceptors (Lipinski definition) is 12. The Kier molecular flexibility index (Phi) is 10.8. The molecular weight excluding hydrogens is 731 g/mol. The van der Waals surface area contributed by atoms with Crippen molar-refractivity contribution in [3.8, 4) is 17.2 Å². The third-order valence-electron chi connectivity index (χ3n) is 10.7. The first-order chi connectivity index (χ1) is 27.8. The van der Waals surface area contributed by atoms with Crippen molar-refractivity contribution in [3.05, 3.63) is 101 Å². The molecule has 0 saturated carbocycles. The lowest BCUT2D eigenvalue weighted by molar-refractivity contribution is -0.136. The number of nitrogens with two attached hydrogens (primary N) is 1. The SMILES string of the molecule is Nc1ncnc2c1n(-c1ccc(Oc3ccccc3)cc1)c(=O)n2C1CCN(CCCOCCCNc2ccc3c(c2)C(=O)N(C2CCC(=O)NC2=O)C3=O)CC1. The van der Waals surface area contributed by atoms with E-state index in [1.165, 1.54) is 6.33 Å². The second-order valence-corrected chi connectivity index (χ2v) is 14.4. The van der Waals surface area contributed by atoms with Crippen LogP contribution >= 0.6 is 0 Å². The molecule has 4 amide bonds. The Hall–Kier alpha value is -6.39. The number of imidazole rings is 1. The van der Waals surface area contributed by atoms with E-state index in [1.54, 1.807) is 27.3 Å². The van der Waals surface area contributed by atoms with Crippen molar-refractivity contribution in [1.29, 1.82) is 0 Å². The second kappa shape index (κ2) is 16.4. The molecule has 3 aliphatic rings.